The molecule has 0 radical (unpaired) electrons. The molecule has 0 saturated carbocycles. The minimum absolute atomic E-state index is 0.0464. The van der Waals surface area contributed by atoms with Gasteiger partial charge in [0.1, 0.15) is 0 Å². The predicted octanol–water partition coefficient (Wildman–Crippen LogP) is 5.88. The van der Waals surface area contributed by atoms with Crippen LogP contribution in [0.15, 0.2) is 76.6 Å². The van der Waals surface area contributed by atoms with Gasteiger partial charge in [0.15, 0.2) is 0 Å². The maximum atomic E-state index is 13.1. The average molecular weight is 431 g/mol. The lowest BCUT2D eigenvalue weighted by Gasteiger charge is -2.31. The van der Waals surface area contributed by atoms with Crippen LogP contribution in [0.5, 0.6) is 0 Å². The first kappa shape index (κ1) is 19.5. The zero-order valence-corrected chi connectivity index (χ0v) is 17.7. The summed E-state index contributed by atoms with van der Waals surface area (Å²) in [7, 11) is 0. The summed E-state index contributed by atoms with van der Waals surface area (Å²) in [6.07, 6.45) is 1.82. The van der Waals surface area contributed by atoms with Gasteiger partial charge in [-0.3, -0.25) is 0 Å². The lowest BCUT2D eigenvalue weighted by atomic mass is 9.98. The molecule has 1 aliphatic heterocycles. The van der Waals surface area contributed by atoms with Gasteiger partial charge in [-0.25, -0.2) is 4.79 Å². The second-order valence-corrected chi connectivity index (χ2v) is 8.51. The lowest BCUT2D eigenvalue weighted by molar-refractivity contribution is 0.184. The van der Waals surface area contributed by atoms with E-state index < -0.39 is 0 Å². The van der Waals surface area contributed by atoms with Crippen molar-refractivity contribution in [3.8, 4) is 21.8 Å². The van der Waals surface area contributed by atoms with E-state index in [0.717, 1.165) is 34.5 Å². The van der Waals surface area contributed by atoms with Crippen molar-refractivity contribution in [3.63, 3.8) is 0 Å². The molecule has 1 saturated heterocycles. The van der Waals surface area contributed by atoms with Crippen LogP contribution in [0.3, 0.4) is 0 Å². The molecule has 1 atom stereocenters. The second kappa shape index (κ2) is 8.73. The van der Waals surface area contributed by atoms with Gasteiger partial charge in [0.05, 0.1) is 16.5 Å². The smallest absolute Gasteiger partial charge is 0.321 e. The number of piperidine rings is 1. The number of urea groups is 1. The van der Waals surface area contributed by atoms with Crippen LogP contribution in [0.2, 0.25) is 0 Å². The van der Waals surface area contributed by atoms with Gasteiger partial charge in [-0.15, -0.1) is 11.3 Å². The van der Waals surface area contributed by atoms with Crippen LogP contribution in [-0.2, 0) is 0 Å². The number of hydrogen-bond donors (Lipinski definition) is 1. The Bertz CT molecular complexity index is 1160. The van der Waals surface area contributed by atoms with Gasteiger partial charge in [-0.1, -0.05) is 59.8 Å². The molecular weight excluding hydrogens is 408 g/mol. The molecule has 4 aromatic rings. The molecular formula is C24H22N4O2S. The van der Waals surface area contributed by atoms with Gasteiger partial charge >= 0.3 is 6.03 Å². The first-order valence-electron chi connectivity index (χ1n) is 10.4. The third-order valence-corrected chi connectivity index (χ3v) is 6.36. The third-order valence-electron chi connectivity index (χ3n) is 5.49. The number of benzene rings is 2. The van der Waals surface area contributed by atoms with E-state index in [4.69, 9.17) is 4.52 Å². The molecule has 2 aromatic heterocycles. The van der Waals surface area contributed by atoms with Crippen LogP contribution in [0, 0.1) is 0 Å². The maximum Gasteiger partial charge on any atom is 0.321 e. The maximum absolute atomic E-state index is 13.1. The van der Waals surface area contributed by atoms with Crippen LogP contribution in [0.1, 0.15) is 24.7 Å². The normalized spacial score (nSPS) is 16.3. The van der Waals surface area contributed by atoms with Crippen LogP contribution < -0.4 is 5.32 Å². The number of rotatable bonds is 4. The van der Waals surface area contributed by atoms with Crippen molar-refractivity contribution in [3.05, 3.63) is 78.0 Å². The summed E-state index contributed by atoms with van der Waals surface area (Å²) in [6, 6.07) is 21.8. The Morgan fingerprint density at radius 1 is 1.06 bits per heavy atom. The molecule has 156 valence electrons. The van der Waals surface area contributed by atoms with E-state index in [1.54, 1.807) is 11.3 Å². The predicted molar refractivity (Wildman–Crippen MR) is 122 cm³/mol. The average Bonchev–Trinajstić information content (AvgIpc) is 3.52. The number of anilines is 1. The number of nitrogens with one attached hydrogen (secondary N) is 1. The zero-order valence-electron chi connectivity index (χ0n) is 16.9. The lowest BCUT2D eigenvalue weighted by Crippen LogP contribution is -2.41. The molecule has 6 nitrogen and oxygen atoms in total. The number of carbonyl (C=O) groups excluding carboxylic acids is 1. The van der Waals surface area contributed by atoms with E-state index in [1.165, 1.54) is 0 Å². The number of nitrogens with zero attached hydrogens (tertiary/aromatic N) is 3. The van der Waals surface area contributed by atoms with Crippen molar-refractivity contribution in [2.24, 2.45) is 0 Å². The van der Waals surface area contributed by atoms with E-state index in [2.05, 4.69) is 15.5 Å². The van der Waals surface area contributed by atoms with Crippen molar-refractivity contribution in [1.82, 2.24) is 15.0 Å². The number of thiophene rings is 1. The highest BCUT2D eigenvalue weighted by Crippen LogP contribution is 2.31. The molecule has 7 heteroatoms. The molecule has 31 heavy (non-hydrogen) atoms. The molecule has 0 bridgehead atoms. The number of aromatic nitrogens is 2. The number of carbonyl (C=O) groups is 1. The fourth-order valence-corrected chi connectivity index (χ4v) is 4.58. The zero-order chi connectivity index (χ0) is 21.0. The second-order valence-electron chi connectivity index (χ2n) is 7.56. The van der Waals surface area contributed by atoms with Gasteiger partial charge in [-0.2, -0.15) is 4.98 Å². The van der Waals surface area contributed by atoms with E-state index >= 15 is 0 Å². The highest BCUT2D eigenvalue weighted by atomic mass is 32.1. The fraction of sp³-hybridized carbons (Fsp3) is 0.208. The Balaban J connectivity index is 1.30. The minimum atomic E-state index is -0.105. The van der Waals surface area contributed by atoms with Crippen molar-refractivity contribution in [2.45, 2.75) is 18.8 Å². The number of amides is 2. The van der Waals surface area contributed by atoms with Gasteiger partial charge < -0.3 is 14.7 Å². The van der Waals surface area contributed by atoms with Gasteiger partial charge in [-0.05, 0) is 35.9 Å². The molecule has 3 heterocycles. The van der Waals surface area contributed by atoms with Crippen LogP contribution in [-0.4, -0.2) is 34.2 Å². The van der Waals surface area contributed by atoms with Crippen molar-refractivity contribution in [2.75, 3.05) is 18.4 Å². The molecule has 2 aromatic carbocycles. The van der Waals surface area contributed by atoms with E-state index in [-0.39, 0.29) is 11.9 Å². The standard InChI is InChI=1S/C24H22N4O2S/c29-24(25-20-12-5-4-11-19(20)17-8-2-1-3-9-17)28-14-6-10-18(16-28)23-26-22(27-30-23)21-13-7-15-31-21/h1-5,7-9,11-13,15,18H,6,10,14,16H2,(H,25,29)/t18-/m1/s1. The summed E-state index contributed by atoms with van der Waals surface area (Å²) in [5, 5.41) is 9.21. The first-order valence-corrected chi connectivity index (χ1v) is 11.2. The van der Waals surface area contributed by atoms with Gasteiger partial charge in [0, 0.05) is 18.7 Å². The Morgan fingerprint density at radius 2 is 1.90 bits per heavy atom. The SMILES string of the molecule is O=C(Nc1ccccc1-c1ccccc1)N1CCC[C@@H](c2nc(-c3cccs3)no2)C1. The molecule has 1 fully saturated rings. The monoisotopic (exact) mass is 430 g/mol. The number of para-hydroxylation sites is 1. The van der Waals surface area contributed by atoms with Crippen LogP contribution >= 0.6 is 11.3 Å². The van der Waals surface area contributed by atoms with Crippen LogP contribution in [0.25, 0.3) is 21.8 Å². The molecule has 2 amide bonds. The van der Waals surface area contributed by atoms with E-state index in [1.807, 2.05) is 77.0 Å². The summed E-state index contributed by atoms with van der Waals surface area (Å²) in [4.78, 5) is 20.5. The number of likely N-dealkylation sites (tertiary alicyclic amines) is 1. The minimum Gasteiger partial charge on any atom is -0.339 e. The van der Waals surface area contributed by atoms with Crippen molar-refractivity contribution >= 4 is 23.1 Å². The summed E-state index contributed by atoms with van der Waals surface area (Å²) in [5.41, 5.74) is 2.88. The Hall–Kier alpha value is -3.45. The molecule has 0 aliphatic carbocycles. The van der Waals surface area contributed by atoms with Crippen molar-refractivity contribution in [1.29, 1.82) is 0 Å². The Kier molecular flexibility index (Phi) is 5.50. The molecule has 0 spiro atoms. The molecule has 1 aliphatic rings. The van der Waals surface area contributed by atoms with Gasteiger partial charge in [0.2, 0.25) is 11.7 Å². The van der Waals surface area contributed by atoms with E-state index in [9.17, 15) is 4.79 Å². The summed E-state index contributed by atoms with van der Waals surface area (Å²) in [5.74, 6) is 1.26. The highest BCUT2D eigenvalue weighted by Gasteiger charge is 2.29. The quantitative estimate of drug-likeness (QED) is 0.439. The van der Waals surface area contributed by atoms with Gasteiger partial charge in [0.25, 0.3) is 0 Å². The Morgan fingerprint density at radius 3 is 2.74 bits per heavy atom. The largest absolute Gasteiger partial charge is 0.339 e. The summed E-state index contributed by atoms with van der Waals surface area (Å²) >= 11 is 1.58. The fourth-order valence-electron chi connectivity index (χ4n) is 3.93. The van der Waals surface area contributed by atoms with Crippen molar-refractivity contribution < 1.29 is 9.32 Å². The highest BCUT2D eigenvalue weighted by molar-refractivity contribution is 7.13. The van der Waals surface area contributed by atoms with E-state index in [0.29, 0.717) is 24.8 Å². The summed E-state index contributed by atoms with van der Waals surface area (Å²) in [6.45, 7) is 1.27. The third kappa shape index (κ3) is 4.22. The molecule has 5 rings (SSSR count). The summed E-state index contributed by atoms with van der Waals surface area (Å²) < 4.78 is 5.54. The number of hydrogen-bond acceptors (Lipinski definition) is 5. The van der Waals surface area contributed by atoms with Crippen LogP contribution in [0.4, 0.5) is 10.5 Å². The topological polar surface area (TPSA) is 71.3 Å². The molecule has 0 unspecified atom stereocenters. The Labute approximate surface area is 184 Å². The first-order chi connectivity index (χ1) is 15.3. The molecule has 1 N–H and O–H groups in total.